The number of nitrogen functional groups attached to an aromatic ring is 1. The van der Waals surface area contributed by atoms with Crippen LogP contribution in [0.1, 0.15) is 47.5 Å². The molecular formula is C25H27N7O. The van der Waals surface area contributed by atoms with Crippen molar-refractivity contribution in [2.24, 2.45) is 0 Å². The first-order chi connectivity index (χ1) is 15.9. The average molecular weight is 442 g/mol. The van der Waals surface area contributed by atoms with Crippen LogP contribution in [0.5, 0.6) is 0 Å². The first-order valence-electron chi connectivity index (χ1n) is 10.8. The van der Waals surface area contributed by atoms with Crippen LogP contribution in [0.25, 0.3) is 11.4 Å². The second kappa shape index (κ2) is 9.52. The van der Waals surface area contributed by atoms with Crippen molar-refractivity contribution >= 4 is 23.0 Å². The maximum Gasteiger partial charge on any atom is 0.255 e. The van der Waals surface area contributed by atoms with Crippen LogP contribution in [-0.4, -0.2) is 25.8 Å². The van der Waals surface area contributed by atoms with Crippen molar-refractivity contribution < 1.29 is 4.79 Å². The van der Waals surface area contributed by atoms with Gasteiger partial charge in [0.25, 0.3) is 5.91 Å². The van der Waals surface area contributed by atoms with Crippen molar-refractivity contribution in [2.45, 2.75) is 33.2 Å². The van der Waals surface area contributed by atoms with Gasteiger partial charge in [-0.05, 0) is 55.3 Å². The minimum atomic E-state index is -0.217. The number of aryl methyl sites for hydroxylation is 1. The second-order valence-electron chi connectivity index (χ2n) is 8.07. The molecule has 0 aliphatic heterocycles. The van der Waals surface area contributed by atoms with Crippen molar-refractivity contribution in [1.82, 2.24) is 19.9 Å². The van der Waals surface area contributed by atoms with Crippen molar-refractivity contribution in [3.05, 3.63) is 83.7 Å². The minimum absolute atomic E-state index is 0.217. The van der Waals surface area contributed by atoms with Gasteiger partial charge >= 0.3 is 0 Å². The molecule has 2 aromatic heterocycles. The zero-order valence-electron chi connectivity index (χ0n) is 18.9. The molecule has 0 spiro atoms. The highest BCUT2D eigenvalue weighted by molar-refractivity contribution is 6.05. The van der Waals surface area contributed by atoms with E-state index in [1.165, 1.54) is 0 Å². The van der Waals surface area contributed by atoms with E-state index in [9.17, 15) is 4.79 Å². The van der Waals surface area contributed by atoms with Crippen LogP contribution < -0.4 is 16.4 Å². The minimum Gasteiger partial charge on any atom is -0.397 e. The van der Waals surface area contributed by atoms with Gasteiger partial charge in [0.15, 0.2) is 0 Å². The van der Waals surface area contributed by atoms with Crippen molar-refractivity contribution in [2.75, 3.05) is 16.4 Å². The zero-order chi connectivity index (χ0) is 23.4. The molecule has 0 saturated heterocycles. The molecule has 4 aromatic rings. The molecule has 168 valence electrons. The Morgan fingerprint density at radius 3 is 2.55 bits per heavy atom. The van der Waals surface area contributed by atoms with E-state index in [1.807, 2.05) is 37.3 Å². The molecule has 0 saturated carbocycles. The Kier molecular flexibility index (Phi) is 6.35. The molecule has 5 N–H and O–H groups in total. The van der Waals surface area contributed by atoms with Gasteiger partial charge in [-0.15, -0.1) is 0 Å². The Morgan fingerprint density at radius 1 is 1.06 bits per heavy atom. The number of benzene rings is 2. The molecule has 2 aromatic carbocycles. The molecule has 2 heterocycles. The number of carbonyl (C=O) groups is 1. The fourth-order valence-corrected chi connectivity index (χ4v) is 3.47. The lowest BCUT2D eigenvalue weighted by Gasteiger charge is -2.10. The highest BCUT2D eigenvalue weighted by atomic mass is 16.1. The predicted octanol–water partition coefficient (Wildman–Crippen LogP) is 4.75. The molecule has 0 aliphatic carbocycles. The number of hydrogen-bond acceptors (Lipinski definition) is 6. The lowest BCUT2D eigenvalue weighted by atomic mass is 10.1. The van der Waals surface area contributed by atoms with Crippen LogP contribution in [0.15, 0.2) is 60.8 Å². The largest absolute Gasteiger partial charge is 0.397 e. The Morgan fingerprint density at radius 2 is 1.82 bits per heavy atom. The summed E-state index contributed by atoms with van der Waals surface area (Å²) in [6.45, 7) is 6.63. The number of aromatic amines is 1. The Hall–Kier alpha value is -4.20. The molecule has 8 heteroatoms. The van der Waals surface area contributed by atoms with E-state index in [2.05, 4.69) is 44.4 Å². The van der Waals surface area contributed by atoms with Crippen LogP contribution >= 0.6 is 0 Å². The van der Waals surface area contributed by atoms with E-state index in [1.54, 1.807) is 30.5 Å². The van der Waals surface area contributed by atoms with Gasteiger partial charge in [0.2, 0.25) is 0 Å². The highest BCUT2D eigenvalue weighted by Gasteiger charge is 2.15. The summed E-state index contributed by atoms with van der Waals surface area (Å²) in [7, 11) is 0. The fourth-order valence-electron chi connectivity index (χ4n) is 3.47. The second-order valence-corrected chi connectivity index (χ2v) is 8.07. The number of anilines is 3. The van der Waals surface area contributed by atoms with E-state index in [0.29, 0.717) is 35.2 Å². The number of H-pyrrole nitrogens is 1. The molecule has 0 bridgehead atoms. The monoisotopic (exact) mass is 441 g/mol. The Labute approximate surface area is 192 Å². The number of nitrogens with zero attached hydrogens (tertiary/aromatic N) is 3. The summed E-state index contributed by atoms with van der Waals surface area (Å²) >= 11 is 0. The van der Waals surface area contributed by atoms with E-state index >= 15 is 0 Å². The summed E-state index contributed by atoms with van der Waals surface area (Å²) in [6, 6.07) is 16.3. The lowest BCUT2D eigenvalue weighted by Crippen LogP contribution is -2.13. The number of imidazole rings is 1. The highest BCUT2D eigenvalue weighted by Crippen LogP contribution is 2.25. The van der Waals surface area contributed by atoms with Crippen LogP contribution in [0.2, 0.25) is 0 Å². The number of aromatic nitrogens is 4. The van der Waals surface area contributed by atoms with Crippen LogP contribution in [0.4, 0.5) is 17.1 Å². The fraction of sp³-hybridized carbons (Fsp3) is 0.200. The summed E-state index contributed by atoms with van der Waals surface area (Å²) in [6.07, 6.45) is 1.75. The number of carbonyl (C=O) groups excluding carboxylic acids is 1. The van der Waals surface area contributed by atoms with Gasteiger partial charge in [-0.3, -0.25) is 4.79 Å². The van der Waals surface area contributed by atoms with Crippen LogP contribution in [0.3, 0.4) is 0 Å². The summed E-state index contributed by atoms with van der Waals surface area (Å²) < 4.78 is 0. The third kappa shape index (κ3) is 5.17. The van der Waals surface area contributed by atoms with E-state index in [-0.39, 0.29) is 5.91 Å². The normalized spacial score (nSPS) is 10.9. The third-order valence-electron chi connectivity index (χ3n) is 5.18. The first kappa shape index (κ1) is 22.0. The van der Waals surface area contributed by atoms with Crippen LogP contribution in [0, 0.1) is 6.92 Å². The van der Waals surface area contributed by atoms with Crippen LogP contribution in [-0.2, 0) is 6.54 Å². The summed E-state index contributed by atoms with van der Waals surface area (Å²) in [4.78, 5) is 29.5. The van der Waals surface area contributed by atoms with Gasteiger partial charge in [0.05, 0.1) is 23.6 Å². The van der Waals surface area contributed by atoms with Crippen molar-refractivity contribution in [1.29, 1.82) is 0 Å². The molecule has 0 radical (unpaired) electrons. The molecule has 0 aliphatic rings. The van der Waals surface area contributed by atoms with Crippen molar-refractivity contribution in [3.8, 4) is 11.4 Å². The molecular weight excluding hydrogens is 414 g/mol. The van der Waals surface area contributed by atoms with Gasteiger partial charge in [0.1, 0.15) is 17.3 Å². The van der Waals surface area contributed by atoms with Gasteiger partial charge in [-0.1, -0.05) is 26.0 Å². The topological polar surface area (TPSA) is 122 Å². The third-order valence-corrected chi connectivity index (χ3v) is 5.18. The number of nitrogens with one attached hydrogen (secondary N) is 3. The molecule has 0 fully saturated rings. The number of hydrogen-bond donors (Lipinski definition) is 4. The number of amides is 1. The van der Waals surface area contributed by atoms with Crippen molar-refractivity contribution in [3.63, 3.8) is 0 Å². The summed E-state index contributed by atoms with van der Waals surface area (Å²) in [5.41, 5.74) is 11.1. The van der Waals surface area contributed by atoms with E-state index < -0.39 is 0 Å². The SMILES string of the molecule is Cc1nc(-c2ccnc(CNc3ccc(C(=O)Nc4ccccc4N)cc3)n2)c(C(C)C)[nH]1. The van der Waals surface area contributed by atoms with Gasteiger partial charge in [-0.2, -0.15) is 0 Å². The lowest BCUT2D eigenvalue weighted by molar-refractivity contribution is 0.102. The first-order valence-corrected chi connectivity index (χ1v) is 10.8. The predicted molar refractivity (Wildman–Crippen MR) is 131 cm³/mol. The molecule has 33 heavy (non-hydrogen) atoms. The number of nitrogens with two attached hydrogens (primary N) is 1. The van der Waals surface area contributed by atoms with E-state index in [4.69, 9.17) is 5.73 Å². The summed E-state index contributed by atoms with van der Waals surface area (Å²) in [5.74, 6) is 1.62. The summed E-state index contributed by atoms with van der Waals surface area (Å²) in [5, 5.41) is 6.13. The maximum absolute atomic E-state index is 12.5. The number of rotatable bonds is 7. The average Bonchev–Trinajstić information content (AvgIpc) is 3.22. The molecule has 1 amide bonds. The van der Waals surface area contributed by atoms with Gasteiger partial charge in [-0.25, -0.2) is 15.0 Å². The van der Waals surface area contributed by atoms with E-state index in [0.717, 1.165) is 28.6 Å². The molecule has 4 rings (SSSR count). The zero-order valence-corrected chi connectivity index (χ0v) is 18.9. The molecule has 8 nitrogen and oxygen atoms in total. The molecule has 0 unspecified atom stereocenters. The molecule has 0 atom stereocenters. The standard InChI is InChI=1S/C25H27N7O/c1-15(2)23-24(30-16(3)29-23)21-12-13-27-22(31-21)14-28-18-10-8-17(9-11-18)25(33)32-20-7-5-4-6-19(20)26/h4-13,15,28H,14,26H2,1-3H3,(H,29,30)(H,32,33). The number of para-hydroxylation sites is 2. The Balaban J connectivity index is 1.41. The smallest absolute Gasteiger partial charge is 0.255 e. The van der Waals surface area contributed by atoms with Gasteiger partial charge < -0.3 is 21.4 Å². The quantitative estimate of drug-likeness (QED) is 0.307. The Bertz CT molecular complexity index is 1260. The maximum atomic E-state index is 12.5. The van der Waals surface area contributed by atoms with Gasteiger partial charge in [0, 0.05) is 23.1 Å².